The number of ether oxygens (including phenoxy) is 4. The van der Waals surface area contributed by atoms with Crippen LogP contribution in [-0.2, 0) is 6.54 Å². The number of nitrogens with zero attached hydrogens (tertiary/aromatic N) is 1. The summed E-state index contributed by atoms with van der Waals surface area (Å²) in [7, 11) is 4.25. The Morgan fingerprint density at radius 1 is 1.10 bits per heavy atom. The second-order valence-corrected chi connectivity index (χ2v) is 7.18. The SMILES string of the molecule is COc1cc(F)ccc1O[C@@H]1CN(Cc2ccc(OC)c(OC)c2C(=O)O)CC[C@H]1O. The topological polar surface area (TPSA) is 97.7 Å². The Morgan fingerprint density at radius 3 is 2.45 bits per heavy atom. The van der Waals surface area contributed by atoms with Crippen molar-refractivity contribution in [1.82, 2.24) is 4.90 Å². The summed E-state index contributed by atoms with van der Waals surface area (Å²) in [4.78, 5) is 13.9. The van der Waals surface area contributed by atoms with E-state index in [-0.39, 0.29) is 17.1 Å². The van der Waals surface area contributed by atoms with Gasteiger partial charge >= 0.3 is 5.97 Å². The van der Waals surface area contributed by atoms with Crippen LogP contribution in [0.5, 0.6) is 23.0 Å². The van der Waals surface area contributed by atoms with Gasteiger partial charge in [0.25, 0.3) is 0 Å². The molecule has 0 saturated carbocycles. The lowest BCUT2D eigenvalue weighted by Crippen LogP contribution is -2.49. The third kappa shape index (κ3) is 5.00. The van der Waals surface area contributed by atoms with Gasteiger partial charge in [-0.15, -0.1) is 0 Å². The van der Waals surface area contributed by atoms with Crippen LogP contribution in [0.3, 0.4) is 0 Å². The molecule has 8 nitrogen and oxygen atoms in total. The van der Waals surface area contributed by atoms with Crippen LogP contribution in [0.25, 0.3) is 0 Å². The first kappa shape index (κ1) is 22.6. The first-order valence-corrected chi connectivity index (χ1v) is 9.75. The summed E-state index contributed by atoms with van der Waals surface area (Å²) in [5, 5.41) is 20.2. The Hall–Kier alpha value is -3.04. The van der Waals surface area contributed by atoms with E-state index in [2.05, 4.69) is 0 Å². The van der Waals surface area contributed by atoms with Crippen molar-refractivity contribution in [3.05, 3.63) is 47.3 Å². The molecule has 2 aromatic carbocycles. The summed E-state index contributed by atoms with van der Waals surface area (Å²) in [6.07, 6.45) is -0.888. The molecule has 31 heavy (non-hydrogen) atoms. The number of halogens is 1. The summed E-state index contributed by atoms with van der Waals surface area (Å²) in [5.74, 6) is -0.517. The number of carboxylic acids is 1. The van der Waals surface area contributed by atoms with Gasteiger partial charge in [-0.1, -0.05) is 6.07 Å². The van der Waals surface area contributed by atoms with E-state index in [0.29, 0.717) is 43.1 Å². The average molecular weight is 435 g/mol. The van der Waals surface area contributed by atoms with E-state index >= 15 is 0 Å². The first-order chi connectivity index (χ1) is 14.9. The van der Waals surface area contributed by atoms with Crippen molar-refractivity contribution in [3.63, 3.8) is 0 Å². The van der Waals surface area contributed by atoms with E-state index in [1.807, 2.05) is 4.90 Å². The molecule has 1 fully saturated rings. The van der Waals surface area contributed by atoms with Crippen molar-refractivity contribution in [2.75, 3.05) is 34.4 Å². The number of carboxylic acid groups (broad SMARTS) is 1. The minimum atomic E-state index is -1.12. The van der Waals surface area contributed by atoms with Gasteiger partial charge < -0.3 is 29.2 Å². The van der Waals surface area contributed by atoms with E-state index in [0.717, 1.165) is 0 Å². The maximum atomic E-state index is 13.5. The van der Waals surface area contributed by atoms with Crippen LogP contribution in [0.4, 0.5) is 4.39 Å². The van der Waals surface area contributed by atoms with Gasteiger partial charge in [0, 0.05) is 25.7 Å². The number of hydrogen-bond donors (Lipinski definition) is 2. The largest absolute Gasteiger partial charge is 0.493 e. The predicted octanol–water partition coefficient (Wildman–Crippen LogP) is 2.56. The number of hydrogen-bond acceptors (Lipinski definition) is 7. The Kier molecular flexibility index (Phi) is 7.19. The molecule has 1 aliphatic heterocycles. The number of aliphatic hydroxyl groups excluding tert-OH is 1. The van der Waals surface area contributed by atoms with Gasteiger partial charge in [0.1, 0.15) is 17.5 Å². The maximum Gasteiger partial charge on any atom is 0.339 e. The number of likely N-dealkylation sites (tertiary alicyclic amines) is 1. The van der Waals surface area contributed by atoms with Crippen molar-refractivity contribution >= 4 is 5.97 Å². The van der Waals surface area contributed by atoms with Crippen molar-refractivity contribution in [2.24, 2.45) is 0 Å². The monoisotopic (exact) mass is 435 g/mol. The van der Waals surface area contributed by atoms with Gasteiger partial charge in [0.05, 0.1) is 27.4 Å². The Labute approximate surface area is 179 Å². The third-order valence-electron chi connectivity index (χ3n) is 5.25. The minimum absolute atomic E-state index is 0.0330. The van der Waals surface area contributed by atoms with Crippen molar-refractivity contribution in [2.45, 2.75) is 25.2 Å². The maximum absolute atomic E-state index is 13.5. The molecule has 3 rings (SSSR count). The number of carbonyl (C=O) groups is 1. The van der Waals surface area contributed by atoms with Gasteiger partial charge in [-0.2, -0.15) is 0 Å². The summed E-state index contributed by atoms with van der Waals surface area (Å²) < 4.78 is 35.0. The molecule has 0 spiro atoms. The fourth-order valence-corrected chi connectivity index (χ4v) is 3.70. The molecule has 168 valence electrons. The Balaban J connectivity index is 1.80. The van der Waals surface area contributed by atoms with E-state index in [4.69, 9.17) is 18.9 Å². The number of methoxy groups -OCH3 is 3. The zero-order valence-electron chi connectivity index (χ0n) is 17.6. The molecular formula is C22H26FNO7. The summed E-state index contributed by atoms with van der Waals surface area (Å²) in [5.41, 5.74) is 0.588. The van der Waals surface area contributed by atoms with Crippen LogP contribution in [-0.4, -0.2) is 67.7 Å². The number of benzene rings is 2. The normalized spacial score (nSPS) is 19.0. The summed E-state index contributed by atoms with van der Waals surface area (Å²) in [6, 6.07) is 7.28. The molecule has 1 saturated heterocycles. The molecule has 0 amide bonds. The summed E-state index contributed by atoms with van der Waals surface area (Å²) in [6.45, 7) is 1.21. The first-order valence-electron chi connectivity index (χ1n) is 9.75. The zero-order chi connectivity index (χ0) is 22.5. The predicted molar refractivity (Wildman–Crippen MR) is 110 cm³/mol. The molecule has 0 aromatic heterocycles. The Morgan fingerprint density at radius 2 is 1.81 bits per heavy atom. The standard InChI is InChI=1S/C22H26FNO7/c1-28-17-6-4-13(20(22(26)27)21(17)30-3)11-24-9-8-15(25)19(12-24)31-16-7-5-14(23)10-18(16)29-2/h4-7,10,15,19,25H,8-9,11-12H2,1-3H3,(H,26,27)/t15-,19-/m1/s1. The van der Waals surface area contributed by atoms with Gasteiger partial charge in [0.2, 0.25) is 0 Å². The van der Waals surface area contributed by atoms with E-state index < -0.39 is 24.0 Å². The van der Waals surface area contributed by atoms with Crippen LogP contribution < -0.4 is 18.9 Å². The minimum Gasteiger partial charge on any atom is -0.493 e. The molecule has 9 heteroatoms. The van der Waals surface area contributed by atoms with Crippen LogP contribution in [0, 0.1) is 5.82 Å². The third-order valence-corrected chi connectivity index (χ3v) is 5.25. The molecule has 0 bridgehead atoms. The summed E-state index contributed by atoms with van der Waals surface area (Å²) >= 11 is 0. The van der Waals surface area contributed by atoms with Crippen LogP contribution >= 0.6 is 0 Å². The molecule has 0 unspecified atom stereocenters. The lowest BCUT2D eigenvalue weighted by atomic mass is 10.0. The number of rotatable bonds is 8. The highest BCUT2D eigenvalue weighted by molar-refractivity contribution is 5.93. The molecule has 0 aliphatic carbocycles. The van der Waals surface area contributed by atoms with E-state index in [9.17, 15) is 19.4 Å². The number of aliphatic hydroxyl groups is 1. The quantitative estimate of drug-likeness (QED) is 0.653. The molecular weight excluding hydrogens is 409 g/mol. The van der Waals surface area contributed by atoms with Gasteiger partial charge in [-0.25, -0.2) is 9.18 Å². The van der Waals surface area contributed by atoms with Crippen LogP contribution in [0.1, 0.15) is 22.3 Å². The molecule has 1 aliphatic rings. The highest BCUT2D eigenvalue weighted by atomic mass is 19.1. The zero-order valence-corrected chi connectivity index (χ0v) is 17.6. The molecule has 1 heterocycles. The van der Waals surface area contributed by atoms with E-state index in [1.54, 1.807) is 12.1 Å². The van der Waals surface area contributed by atoms with Gasteiger partial charge in [0.15, 0.2) is 23.0 Å². The van der Waals surface area contributed by atoms with Crippen LogP contribution in [0.2, 0.25) is 0 Å². The van der Waals surface area contributed by atoms with Crippen LogP contribution in [0.15, 0.2) is 30.3 Å². The smallest absolute Gasteiger partial charge is 0.339 e. The lowest BCUT2D eigenvalue weighted by Gasteiger charge is -2.36. The van der Waals surface area contributed by atoms with Crippen molar-refractivity contribution < 1.29 is 38.3 Å². The van der Waals surface area contributed by atoms with E-state index in [1.165, 1.54) is 39.5 Å². The number of aromatic carboxylic acids is 1. The van der Waals surface area contributed by atoms with Gasteiger partial charge in [-0.05, 0) is 30.2 Å². The second-order valence-electron chi connectivity index (χ2n) is 7.18. The van der Waals surface area contributed by atoms with Gasteiger partial charge in [-0.3, -0.25) is 4.90 Å². The lowest BCUT2D eigenvalue weighted by molar-refractivity contribution is -0.0277. The fourth-order valence-electron chi connectivity index (χ4n) is 3.70. The van der Waals surface area contributed by atoms with Crippen molar-refractivity contribution in [1.29, 1.82) is 0 Å². The van der Waals surface area contributed by atoms with Crippen molar-refractivity contribution in [3.8, 4) is 23.0 Å². The molecule has 2 aromatic rings. The molecule has 0 radical (unpaired) electrons. The Bertz CT molecular complexity index is 936. The fraction of sp³-hybridized carbons (Fsp3) is 0.409. The number of piperidine rings is 1. The average Bonchev–Trinajstić information content (AvgIpc) is 2.76. The molecule has 2 atom stereocenters. The highest BCUT2D eigenvalue weighted by Gasteiger charge is 2.31. The highest BCUT2D eigenvalue weighted by Crippen LogP contribution is 2.35. The second kappa shape index (κ2) is 9.84. The molecule has 2 N–H and O–H groups in total.